The first-order valence-electron chi connectivity index (χ1n) is 7.60. The van der Waals surface area contributed by atoms with E-state index in [0.717, 1.165) is 24.0 Å². The van der Waals surface area contributed by atoms with Crippen molar-refractivity contribution < 1.29 is 9.59 Å². The lowest BCUT2D eigenvalue weighted by Crippen LogP contribution is -2.48. The van der Waals surface area contributed by atoms with Gasteiger partial charge in [-0.3, -0.25) is 9.59 Å². The Morgan fingerprint density at radius 1 is 1.30 bits per heavy atom. The zero-order valence-corrected chi connectivity index (χ0v) is 15.5. The van der Waals surface area contributed by atoms with Gasteiger partial charge in [-0.2, -0.15) is 0 Å². The van der Waals surface area contributed by atoms with Crippen molar-refractivity contribution in [3.63, 3.8) is 0 Å². The van der Waals surface area contributed by atoms with Crippen LogP contribution in [-0.2, 0) is 4.79 Å². The summed E-state index contributed by atoms with van der Waals surface area (Å²) in [4.78, 5) is 23.8. The second-order valence-electron chi connectivity index (χ2n) is 5.66. The molecule has 0 aliphatic carbocycles. The van der Waals surface area contributed by atoms with Crippen molar-refractivity contribution in [3.05, 3.63) is 34.3 Å². The van der Waals surface area contributed by atoms with Gasteiger partial charge in [0.1, 0.15) is 0 Å². The Morgan fingerprint density at radius 2 is 2.00 bits per heavy atom. The lowest BCUT2D eigenvalue weighted by atomic mass is 9.95. The van der Waals surface area contributed by atoms with Crippen molar-refractivity contribution in [2.45, 2.75) is 25.8 Å². The predicted octanol–water partition coefficient (Wildman–Crippen LogP) is 2.10. The van der Waals surface area contributed by atoms with E-state index in [9.17, 15) is 9.59 Å². The van der Waals surface area contributed by atoms with Crippen LogP contribution >= 0.6 is 28.3 Å². The van der Waals surface area contributed by atoms with Gasteiger partial charge in [0, 0.05) is 29.0 Å². The van der Waals surface area contributed by atoms with Gasteiger partial charge in [-0.15, -0.1) is 12.4 Å². The zero-order chi connectivity index (χ0) is 15.9. The van der Waals surface area contributed by atoms with E-state index in [0.29, 0.717) is 24.4 Å². The summed E-state index contributed by atoms with van der Waals surface area (Å²) in [7, 11) is 0. The van der Waals surface area contributed by atoms with Gasteiger partial charge in [0.2, 0.25) is 5.91 Å². The SMILES string of the molecule is CC1CNCCC1NC(=O)CCNC(=O)c1ccc(Br)cc1.Cl. The second kappa shape index (κ2) is 9.90. The Balaban J connectivity index is 0.00000264. The second-order valence-corrected chi connectivity index (χ2v) is 6.57. The topological polar surface area (TPSA) is 70.2 Å². The van der Waals surface area contributed by atoms with Gasteiger partial charge in [0.15, 0.2) is 0 Å². The van der Waals surface area contributed by atoms with Crippen LogP contribution in [0.3, 0.4) is 0 Å². The number of rotatable bonds is 5. The van der Waals surface area contributed by atoms with Crippen LogP contribution in [0.5, 0.6) is 0 Å². The van der Waals surface area contributed by atoms with E-state index < -0.39 is 0 Å². The minimum absolute atomic E-state index is 0. The van der Waals surface area contributed by atoms with E-state index in [-0.39, 0.29) is 30.3 Å². The summed E-state index contributed by atoms with van der Waals surface area (Å²) in [5.41, 5.74) is 0.593. The summed E-state index contributed by atoms with van der Waals surface area (Å²) in [5, 5.41) is 9.13. The molecule has 1 aliphatic rings. The number of benzene rings is 1. The third kappa shape index (κ3) is 6.49. The minimum atomic E-state index is -0.157. The van der Waals surface area contributed by atoms with Crippen LogP contribution in [-0.4, -0.2) is 37.5 Å². The molecule has 1 aromatic carbocycles. The van der Waals surface area contributed by atoms with Crippen molar-refractivity contribution >= 4 is 40.2 Å². The predicted molar refractivity (Wildman–Crippen MR) is 96.9 cm³/mol. The van der Waals surface area contributed by atoms with Gasteiger partial charge in [-0.05, 0) is 49.7 Å². The van der Waals surface area contributed by atoms with Crippen molar-refractivity contribution in [2.75, 3.05) is 19.6 Å². The normalized spacial score (nSPS) is 20.3. The van der Waals surface area contributed by atoms with Crippen LogP contribution in [0.4, 0.5) is 0 Å². The number of halogens is 2. The molecule has 3 N–H and O–H groups in total. The summed E-state index contributed by atoms with van der Waals surface area (Å²) in [6, 6.07) is 7.36. The summed E-state index contributed by atoms with van der Waals surface area (Å²) in [5.74, 6) is 0.278. The molecule has 1 heterocycles. The smallest absolute Gasteiger partial charge is 0.251 e. The van der Waals surface area contributed by atoms with Gasteiger partial charge in [0.25, 0.3) is 5.91 Å². The summed E-state index contributed by atoms with van der Waals surface area (Å²) >= 11 is 3.33. The van der Waals surface area contributed by atoms with Crippen LogP contribution in [0.25, 0.3) is 0 Å². The highest BCUT2D eigenvalue weighted by atomic mass is 79.9. The van der Waals surface area contributed by atoms with E-state index in [1.165, 1.54) is 0 Å². The summed E-state index contributed by atoms with van der Waals surface area (Å²) < 4.78 is 0.930. The standard InChI is InChI=1S/C16H22BrN3O2.ClH/c1-11-10-18-8-6-14(11)20-15(21)7-9-19-16(22)12-2-4-13(17)5-3-12;/h2-5,11,14,18H,6-10H2,1H3,(H,19,22)(H,20,21);1H. The quantitative estimate of drug-likeness (QED) is 0.704. The Labute approximate surface area is 151 Å². The van der Waals surface area contributed by atoms with Crippen LogP contribution < -0.4 is 16.0 Å². The molecule has 1 saturated heterocycles. The van der Waals surface area contributed by atoms with Crippen molar-refractivity contribution in [1.82, 2.24) is 16.0 Å². The lowest BCUT2D eigenvalue weighted by Gasteiger charge is -2.30. The number of hydrogen-bond donors (Lipinski definition) is 3. The van der Waals surface area contributed by atoms with Crippen LogP contribution in [0.15, 0.2) is 28.7 Å². The first-order valence-corrected chi connectivity index (χ1v) is 8.39. The molecule has 0 saturated carbocycles. The van der Waals surface area contributed by atoms with Crippen molar-refractivity contribution in [3.8, 4) is 0 Å². The molecule has 0 aromatic heterocycles. The number of nitrogens with one attached hydrogen (secondary N) is 3. The fourth-order valence-electron chi connectivity index (χ4n) is 2.50. The summed E-state index contributed by atoms with van der Waals surface area (Å²) in [6.07, 6.45) is 1.26. The molecule has 1 fully saturated rings. The number of carbonyl (C=O) groups is 2. The van der Waals surface area contributed by atoms with Crippen molar-refractivity contribution in [1.29, 1.82) is 0 Å². The Bertz CT molecular complexity index is 525. The lowest BCUT2D eigenvalue weighted by molar-refractivity contribution is -0.122. The van der Waals surface area contributed by atoms with E-state index >= 15 is 0 Å². The van der Waals surface area contributed by atoms with E-state index in [1.807, 2.05) is 12.1 Å². The minimum Gasteiger partial charge on any atom is -0.353 e. The monoisotopic (exact) mass is 403 g/mol. The average Bonchev–Trinajstić information content (AvgIpc) is 2.50. The molecule has 2 atom stereocenters. The van der Waals surface area contributed by atoms with Gasteiger partial charge >= 0.3 is 0 Å². The molecular weight excluding hydrogens is 382 g/mol. The molecule has 0 spiro atoms. The van der Waals surface area contributed by atoms with Crippen LogP contribution in [0.2, 0.25) is 0 Å². The number of carbonyl (C=O) groups excluding carboxylic acids is 2. The molecule has 7 heteroatoms. The molecule has 1 aliphatic heterocycles. The third-order valence-corrected chi connectivity index (χ3v) is 4.40. The zero-order valence-electron chi connectivity index (χ0n) is 13.1. The number of amides is 2. The molecule has 23 heavy (non-hydrogen) atoms. The van der Waals surface area contributed by atoms with Crippen molar-refractivity contribution in [2.24, 2.45) is 5.92 Å². The number of piperidine rings is 1. The highest BCUT2D eigenvalue weighted by Gasteiger charge is 2.22. The molecule has 2 unspecified atom stereocenters. The highest BCUT2D eigenvalue weighted by Crippen LogP contribution is 2.11. The molecule has 0 bridgehead atoms. The van der Waals surface area contributed by atoms with E-state index in [2.05, 4.69) is 38.8 Å². The maximum atomic E-state index is 11.9. The van der Waals surface area contributed by atoms with Gasteiger partial charge in [-0.25, -0.2) is 0 Å². The Hall–Kier alpha value is -1.11. The molecule has 1 aromatic rings. The van der Waals surface area contributed by atoms with E-state index in [1.54, 1.807) is 12.1 Å². The van der Waals surface area contributed by atoms with Gasteiger partial charge in [0.05, 0.1) is 0 Å². The molecule has 5 nitrogen and oxygen atoms in total. The Kier molecular flexibility index (Phi) is 8.58. The first-order chi connectivity index (χ1) is 10.6. The highest BCUT2D eigenvalue weighted by molar-refractivity contribution is 9.10. The van der Waals surface area contributed by atoms with E-state index in [4.69, 9.17) is 0 Å². The molecule has 2 rings (SSSR count). The molecule has 128 valence electrons. The maximum absolute atomic E-state index is 11.9. The Morgan fingerprint density at radius 3 is 2.65 bits per heavy atom. The van der Waals surface area contributed by atoms with Gasteiger partial charge in [-0.1, -0.05) is 22.9 Å². The van der Waals surface area contributed by atoms with Gasteiger partial charge < -0.3 is 16.0 Å². The number of hydrogen-bond acceptors (Lipinski definition) is 3. The third-order valence-electron chi connectivity index (χ3n) is 3.88. The largest absolute Gasteiger partial charge is 0.353 e. The average molecular weight is 405 g/mol. The molecule has 2 amide bonds. The first kappa shape index (κ1) is 19.9. The van der Waals surface area contributed by atoms with Crippen LogP contribution in [0, 0.1) is 5.92 Å². The molecule has 0 radical (unpaired) electrons. The fraction of sp³-hybridized carbons (Fsp3) is 0.500. The van der Waals surface area contributed by atoms with Crippen LogP contribution in [0.1, 0.15) is 30.1 Å². The maximum Gasteiger partial charge on any atom is 0.251 e. The molecular formula is C16H23BrClN3O2. The fourth-order valence-corrected chi connectivity index (χ4v) is 2.76. The summed E-state index contributed by atoms with van der Waals surface area (Å²) in [6.45, 7) is 4.35.